The Labute approximate surface area is 109 Å². The minimum absolute atomic E-state index is 0.297. The Morgan fingerprint density at radius 3 is 2.89 bits per heavy atom. The second-order valence-electron chi connectivity index (χ2n) is 4.49. The zero-order valence-corrected chi connectivity index (χ0v) is 10.4. The number of carboxylic acids is 1. The van der Waals surface area contributed by atoms with Gasteiger partial charge in [0.2, 0.25) is 5.88 Å². The molecule has 0 bridgehead atoms. The van der Waals surface area contributed by atoms with Crippen LogP contribution in [-0.4, -0.2) is 41.2 Å². The molecule has 1 saturated heterocycles. The van der Waals surface area contributed by atoms with E-state index in [-0.39, 0.29) is 5.92 Å². The first-order valence-corrected chi connectivity index (χ1v) is 5.96. The van der Waals surface area contributed by atoms with Gasteiger partial charge in [0.05, 0.1) is 24.2 Å². The Balaban J connectivity index is 1.97. The second-order valence-corrected chi connectivity index (χ2v) is 4.49. The Kier molecular flexibility index (Phi) is 2.70. The van der Waals surface area contributed by atoms with Crippen LogP contribution >= 0.6 is 0 Å². The molecule has 0 aromatic carbocycles. The third kappa shape index (κ3) is 1.95. The van der Waals surface area contributed by atoms with Crippen molar-refractivity contribution in [3.05, 3.63) is 24.4 Å². The molecule has 0 saturated carbocycles. The summed E-state index contributed by atoms with van der Waals surface area (Å²) in [5, 5.41) is 8.92. The summed E-state index contributed by atoms with van der Waals surface area (Å²) in [5.74, 6) is -0.522. The molecular weight excluding hydrogens is 246 g/mol. The number of fused-ring (bicyclic) bond motifs is 1. The predicted octanol–water partition coefficient (Wildman–Crippen LogP) is 1.16. The van der Waals surface area contributed by atoms with Crippen molar-refractivity contribution in [1.82, 2.24) is 9.97 Å². The molecule has 3 heterocycles. The van der Waals surface area contributed by atoms with Gasteiger partial charge in [-0.25, -0.2) is 4.98 Å². The van der Waals surface area contributed by atoms with E-state index >= 15 is 0 Å². The van der Waals surface area contributed by atoms with Gasteiger partial charge >= 0.3 is 5.97 Å². The molecule has 1 aliphatic rings. The molecule has 0 spiro atoms. The van der Waals surface area contributed by atoms with Crippen LogP contribution in [0.2, 0.25) is 0 Å². The number of nitrogens with zero attached hydrogens (tertiary/aromatic N) is 3. The molecule has 0 aliphatic carbocycles. The van der Waals surface area contributed by atoms with E-state index in [1.807, 2.05) is 17.0 Å². The van der Waals surface area contributed by atoms with Gasteiger partial charge in [0.15, 0.2) is 0 Å². The standard InChI is InChI=1S/C13H13N3O3/c1-19-11-3-2-9-12(15-11)10(4-5-14-9)16-6-8(7-16)13(17)18/h2-5,8H,6-7H2,1H3,(H,17,18). The van der Waals surface area contributed by atoms with Gasteiger partial charge in [-0.3, -0.25) is 9.78 Å². The van der Waals surface area contributed by atoms with Crippen LogP contribution in [0.15, 0.2) is 24.4 Å². The Morgan fingerprint density at radius 1 is 1.42 bits per heavy atom. The molecule has 98 valence electrons. The molecule has 1 fully saturated rings. The maximum atomic E-state index is 10.8. The van der Waals surface area contributed by atoms with Crippen molar-refractivity contribution in [2.24, 2.45) is 5.92 Å². The number of pyridine rings is 2. The lowest BCUT2D eigenvalue weighted by molar-refractivity contribution is -0.142. The normalized spacial score (nSPS) is 15.3. The van der Waals surface area contributed by atoms with E-state index in [1.165, 1.54) is 0 Å². The molecule has 0 unspecified atom stereocenters. The van der Waals surface area contributed by atoms with E-state index in [4.69, 9.17) is 9.84 Å². The van der Waals surface area contributed by atoms with Gasteiger partial charge < -0.3 is 14.7 Å². The highest BCUT2D eigenvalue weighted by atomic mass is 16.5. The lowest BCUT2D eigenvalue weighted by Crippen LogP contribution is -2.50. The summed E-state index contributed by atoms with van der Waals surface area (Å²) in [7, 11) is 1.56. The first kappa shape index (κ1) is 11.7. The topological polar surface area (TPSA) is 75.5 Å². The SMILES string of the molecule is COc1ccc2nccc(N3CC(C(=O)O)C3)c2n1. The van der Waals surface area contributed by atoms with E-state index in [0.717, 1.165) is 16.7 Å². The van der Waals surface area contributed by atoms with Crippen LogP contribution in [0.5, 0.6) is 5.88 Å². The summed E-state index contributed by atoms with van der Waals surface area (Å²) in [6.07, 6.45) is 1.71. The minimum atomic E-state index is -0.750. The maximum absolute atomic E-state index is 10.8. The molecule has 6 nitrogen and oxygen atoms in total. The number of methoxy groups -OCH3 is 1. The van der Waals surface area contributed by atoms with Gasteiger partial charge in [-0.15, -0.1) is 0 Å². The van der Waals surface area contributed by atoms with Crippen LogP contribution in [0.25, 0.3) is 11.0 Å². The number of aliphatic carboxylic acids is 1. The van der Waals surface area contributed by atoms with Crippen LogP contribution in [-0.2, 0) is 4.79 Å². The zero-order chi connectivity index (χ0) is 13.4. The molecule has 0 atom stereocenters. The number of ether oxygens (including phenoxy) is 1. The van der Waals surface area contributed by atoms with Crippen molar-refractivity contribution in [2.45, 2.75) is 0 Å². The number of anilines is 1. The Hall–Kier alpha value is -2.37. The minimum Gasteiger partial charge on any atom is -0.481 e. The fourth-order valence-corrected chi connectivity index (χ4v) is 2.19. The Morgan fingerprint density at radius 2 is 2.21 bits per heavy atom. The second kappa shape index (κ2) is 4.38. The summed E-state index contributed by atoms with van der Waals surface area (Å²) < 4.78 is 5.12. The first-order valence-electron chi connectivity index (χ1n) is 5.96. The van der Waals surface area contributed by atoms with Crippen molar-refractivity contribution >= 4 is 22.7 Å². The average Bonchev–Trinajstić information content (AvgIpc) is 2.36. The fraction of sp³-hybridized carbons (Fsp3) is 0.308. The maximum Gasteiger partial charge on any atom is 0.310 e. The van der Waals surface area contributed by atoms with Crippen LogP contribution in [0.4, 0.5) is 5.69 Å². The van der Waals surface area contributed by atoms with E-state index in [9.17, 15) is 4.79 Å². The van der Waals surface area contributed by atoms with Gasteiger partial charge in [-0.05, 0) is 12.1 Å². The zero-order valence-electron chi connectivity index (χ0n) is 10.4. The number of carbonyl (C=O) groups is 1. The van der Waals surface area contributed by atoms with E-state index in [1.54, 1.807) is 19.4 Å². The number of hydrogen-bond donors (Lipinski definition) is 1. The molecule has 1 N–H and O–H groups in total. The van der Waals surface area contributed by atoms with Gasteiger partial charge in [0, 0.05) is 25.4 Å². The molecule has 1 aliphatic heterocycles. The third-order valence-electron chi connectivity index (χ3n) is 3.32. The predicted molar refractivity (Wildman–Crippen MR) is 69.4 cm³/mol. The van der Waals surface area contributed by atoms with Crippen LogP contribution < -0.4 is 9.64 Å². The number of carboxylic acid groups (broad SMARTS) is 1. The number of rotatable bonds is 3. The van der Waals surface area contributed by atoms with Crippen LogP contribution in [0.3, 0.4) is 0 Å². The average molecular weight is 259 g/mol. The van der Waals surface area contributed by atoms with Crippen LogP contribution in [0.1, 0.15) is 0 Å². The molecule has 0 amide bonds. The molecule has 19 heavy (non-hydrogen) atoms. The summed E-state index contributed by atoms with van der Waals surface area (Å²) in [6.45, 7) is 1.01. The van der Waals surface area contributed by atoms with E-state index in [0.29, 0.717) is 19.0 Å². The third-order valence-corrected chi connectivity index (χ3v) is 3.32. The lowest BCUT2D eigenvalue weighted by Gasteiger charge is -2.38. The monoisotopic (exact) mass is 259 g/mol. The summed E-state index contributed by atoms with van der Waals surface area (Å²) in [4.78, 5) is 21.5. The van der Waals surface area contributed by atoms with Gasteiger partial charge in [0.1, 0.15) is 5.52 Å². The fourth-order valence-electron chi connectivity index (χ4n) is 2.19. The summed E-state index contributed by atoms with van der Waals surface area (Å²) in [5.41, 5.74) is 2.42. The lowest BCUT2D eigenvalue weighted by atomic mass is 9.99. The van der Waals surface area contributed by atoms with Crippen molar-refractivity contribution < 1.29 is 14.6 Å². The molecule has 2 aromatic heterocycles. The van der Waals surface area contributed by atoms with Crippen molar-refractivity contribution in [1.29, 1.82) is 0 Å². The van der Waals surface area contributed by atoms with Crippen LogP contribution in [0, 0.1) is 5.92 Å². The molecule has 6 heteroatoms. The van der Waals surface area contributed by atoms with Crippen molar-refractivity contribution in [3.8, 4) is 5.88 Å². The highest BCUT2D eigenvalue weighted by Gasteiger charge is 2.33. The van der Waals surface area contributed by atoms with E-state index in [2.05, 4.69) is 9.97 Å². The summed E-state index contributed by atoms with van der Waals surface area (Å²) in [6, 6.07) is 5.46. The number of aromatic nitrogens is 2. The largest absolute Gasteiger partial charge is 0.481 e. The van der Waals surface area contributed by atoms with Crippen molar-refractivity contribution in [2.75, 3.05) is 25.1 Å². The Bertz CT molecular complexity index is 638. The smallest absolute Gasteiger partial charge is 0.310 e. The number of hydrogen-bond acceptors (Lipinski definition) is 5. The van der Waals surface area contributed by atoms with E-state index < -0.39 is 5.97 Å². The molecular formula is C13H13N3O3. The van der Waals surface area contributed by atoms with Gasteiger partial charge in [-0.1, -0.05) is 0 Å². The van der Waals surface area contributed by atoms with Crippen molar-refractivity contribution in [3.63, 3.8) is 0 Å². The van der Waals surface area contributed by atoms with Gasteiger partial charge in [0.25, 0.3) is 0 Å². The highest BCUT2D eigenvalue weighted by molar-refractivity contribution is 5.89. The molecule has 3 rings (SSSR count). The molecule has 0 radical (unpaired) electrons. The summed E-state index contributed by atoms with van der Waals surface area (Å²) >= 11 is 0. The highest BCUT2D eigenvalue weighted by Crippen LogP contribution is 2.30. The van der Waals surface area contributed by atoms with Gasteiger partial charge in [-0.2, -0.15) is 0 Å². The molecule has 2 aromatic rings. The quantitative estimate of drug-likeness (QED) is 0.891. The first-order chi connectivity index (χ1) is 9.19.